The van der Waals surface area contributed by atoms with Crippen LogP contribution in [0, 0.1) is 35.0 Å². The minimum absolute atomic E-state index is 0.0102. The minimum atomic E-state index is 0.0102. The number of allylic oxidation sites excluding steroid dienone is 2. The molecular weight excluding hydrogens is 268 g/mol. The summed E-state index contributed by atoms with van der Waals surface area (Å²) in [5.74, 6) is 4.73. The first-order valence-electron chi connectivity index (χ1n) is 9.97. The van der Waals surface area contributed by atoms with Crippen LogP contribution in [0.2, 0.25) is 0 Å². The molecule has 4 aliphatic rings. The number of rotatable bonds is 0. The molecule has 0 aromatic heterocycles. The van der Waals surface area contributed by atoms with Crippen LogP contribution in [0.3, 0.4) is 0 Å². The van der Waals surface area contributed by atoms with Crippen LogP contribution in [0.1, 0.15) is 78.1 Å². The highest BCUT2D eigenvalue weighted by atomic mass is 16.3. The summed E-state index contributed by atoms with van der Waals surface area (Å²) in [7, 11) is 0. The SMILES string of the molecule is CC=C1CCC[C@H]2[C@@H]3CC[C@H]4CC(O)CC[C@@H]4[C@H]3CC[C@]12C. The van der Waals surface area contributed by atoms with Crippen LogP contribution >= 0.6 is 0 Å². The molecule has 0 radical (unpaired) electrons. The topological polar surface area (TPSA) is 20.2 Å². The fourth-order valence-electron chi connectivity index (χ4n) is 7.35. The molecule has 4 rings (SSSR count). The third-order valence-electron chi connectivity index (χ3n) is 8.36. The van der Waals surface area contributed by atoms with Gasteiger partial charge in [0.15, 0.2) is 0 Å². The Hall–Kier alpha value is -0.300. The minimum Gasteiger partial charge on any atom is -0.393 e. The Bertz CT molecular complexity index is 453. The third-order valence-corrected chi connectivity index (χ3v) is 8.36. The van der Waals surface area contributed by atoms with Crippen molar-refractivity contribution in [2.24, 2.45) is 35.0 Å². The normalized spacial score (nSPS) is 53.5. The Morgan fingerprint density at radius 1 is 1.00 bits per heavy atom. The molecule has 124 valence electrons. The predicted molar refractivity (Wildman–Crippen MR) is 91.5 cm³/mol. The maximum Gasteiger partial charge on any atom is 0.0543 e. The Labute approximate surface area is 136 Å². The van der Waals surface area contributed by atoms with E-state index >= 15 is 0 Å². The monoisotopic (exact) mass is 302 g/mol. The lowest BCUT2D eigenvalue weighted by Gasteiger charge is -2.59. The average molecular weight is 303 g/mol. The highest BCUT2D eigenvalue weighted by molar-refractivity contribution is 5.20. The standard InChI is InChI=1S/C21H34O/c1-3-15-5-4-6-20-19-9-7-14-13-16(22)8-10-17(14)18(19)11-12-21(15,20)2/h3,14,16-20,22H,4-13H2,1-2H3/t14-,16?,17-,18+,19+,20-,21+/m0/s1. The van der Waals surface area contributed by atoms with Gasteiger partial charge in [-0.1, -0.05) is 18.6 Å². The Morgan fingerprint density at radius 3 is 2.64 bits per heavy atom. The zero-order valence-corrected chi connectivity index (χ0v) is 14.6. The van der Waals surface area contributed by atoms with Gasteiger partial charge < -0.3 is 5.11 Å². The lowest BCUT2D eigenvalue weighted by Crippen LogP contribution is -2.50. The van der Waals surface area contributed by atoms with Crippen LogP contribution in [-0.4, -0.2) is 11.2 Å². The largest absolute Gasteiger partial charge is 0.393 e. The second-order valence-electron chi connectivity index (χ2n) is 9.06. The summed E-state index contributed by atoms with van der Waals surface area (Å²) in [6, 6.07) is 0. The van der Waals surface area contributed by atoms with Gasteiger partial charge in [-0.05, 0) is 106 Å². The molecule has 0 amide bonds. The van der Waals surface area contributed by atoms with Crippen molar-refractivity contribution in [2.45, 2.75) is 84.2 Å². The molecule has 1 nitrogen and oxygen atoms in total. The third kappa shape index (κ3) is 2.22. The summed E-state index contributed by atoms with van der Waals surface area (Å²) in [5, 5.41) is 10.0. The Balaban J connectivity index is 1.59. The first kappa shape index (κ1) is 15.2. The number of aliphatic hydroxyl groups excluding tert-OH is 1. The number of hydrogen-bond acceptors (Lipinski definition) is 1. The van der Waals surface area contributed by atoms with E-state index in [1.807, 2.05) is 0 Å². The molecule has 1 unspecified atom stereocenters. The maximum absolute atomic E-state index is 10.0. The highest BCUT2D eigenvalue weighted by Crippen LogP contribution is 2.62. The van der Waals surface area contributed by atoms with E-state index in [1.54, 1.807) is 5.57 Å². The molecule has 0 aromatic rings. The molecule has 0 aliphatic heterocycles. The van der Waals surface area contributed by atoms with Gasteiger partial charge in [0.2, 0.25) is 0 Å². The van der Waals surface area contributed by atoms with Gasteiger partial charge in [0.05, 0.1) is 6.10 Å². The molecule has 0 aromatic carbocycles. The molecule has 7 atom stereocenters. The fraction of sp³-hybridized carbons (Fsp3) is 0.905. The van der Waals surface area contributed by atoms with E-state index in [0.29, 0.717) is 5.41 Å². The van der Waals surface area contributed by atoms with E-state index in [0.717, 1.165) is 42.4 Å². The van der Waals surface area contributed by atoms with E-state index in [1.165, 1.54) is 51.4 Å². The van der Waals surface area contributed by atoms with Gasteiger partial charge in [0, 0.05) is 0 Å². The second-order valence-corrected chi connectivity index (χ2v) is 9.06. The number of hydrogen-bond donors (Lipinski definition) is 1. The maximum atomic E-state index is 10.0. The molecule has 0 bridgehead atoms. The summed E-state index contributed by atoms with van der Waals surface area (Å²) >= 11 is 0. The van der Waals surface area contributed by atoms with Crippen LogP contribution in [0.25, 0.3) is 0 Å². The van der Waals surface area contributed by atoms with Gasteiger partial charge in [-0.2, -0.15) is 0 Å². The van der Waals surface area contributed by atoms with Crippen molar-refractivity contribution in [1.82, 2.24) is 0 Å². The van der Waals surface area contributed by atoms with Crippen LogP contribution in [0.4, 0.5) is 0 Å². The molecule has 1 N–H and O–H groups in total. The van der Waals surface area contributed by atoms with Crippen molar-refractivity contribution in [3.05, 3.63) is 11.6 Å². The number of aliphatic hydroxyl groups is 1. The van der Waals surface area contributed by atoms with Crippen LogP contribution in [0.15, 0.2) is 11.6 Å². The molecule has 0 saturated heterocycles. The van der Waals surface area contributed by atoms with Crippen molar-refractivity contribution in [1.29, 1.82) is 0 Å². The van der Waals surface area contributed by atoms with Gasteiger partial charge in [-0.25, -0.2) is 0 Å². The summed E-state index contributed by atoms with van der Waals surface area (Å²) in [5.41, 5.74) is 2.30. The molecule has 0 heterocycles. The summed E-state index contributed by atoms with van der Waals surface area (Å²) in [6.45, 7) is 4.87. The average Bonchev–Trinajstić information content (AvgIpc) is 2.53. The molecule has 0 spiro atoms. The summed E-state index contributed by atoms with van der Waals surface area (Å²) < 4.78 is 0. The Kier molecular flexibility index (Phi) is 3.92. The lowest BCUT2D eigenvalue weighted by atomic mass is 9.46. The van der Waals surface area contributed by atoms with Gasteiger partial charge in [-0.15, -0.1) is 0 Å². The number of fused-ring (bicyclic) bond motifs is 5. The molecular formula is C21H34O. The van der Waals surface area contributed by atoms with Gasteiger partial charge >= 0.3 is 0 Å². The van der Waals surface area contributed by atoms with Crippen molar-refractivity contribution in [3.63, 3.8) is 0 Å². The van der Waals surface area contributed by atoms with Crippen molar-refractivity contribution >= 4 is 0 Å². The quantitative estimate of drug-likeness (QED) is 0.599. The molecule has 4 fully saturated rings. The van der Waals surface area contributed by atoms with E-state index < -0.39 is 0 Å². The van der Waals surface area contributed by atoms with Gasteiger partial charge in [0.25, 0.3) is 0 Å². The van der Waals surface area contributed by atoms with E-state index in [2.05, 4.69) is 19.9 Å². The second kappa shape index (κ2) is 5.65. The van der Waals surface area contributed by atoms with Gasteiger partial charge in [-0.3, -0.25) is 0 Å². The van der Waals surface area contributed by atoms with E-state index in [-0.39, 0.29) is 6.10 Å². The fourth-order valence-corrected chi connectivity index (χ4v) is 7.35. The molecule has 1 heteroatoms. The van der Waals surface area contributed by atoms with Crippen molar-refractivity contribution < 1.29 is 5.11 Å². The van der Waals surface area contributed by atoms with Crippen LogP contribution in [-0.2, 0) is 0 Å². The van der Waals surface area contributed by atoms with Gasteiger partial charge in [0.1, 0.15) is 0 Å². The first-order chi connectivity index (χ1) is 10.6. The summed E-state index contributed by atoms with van der Waals surface area (Å²) in [4.78, 5) is 0. The predicted octanol–water partition coefficient (Wildman–Crippen LogP) is 5.34. The molecule has 4 aliphatic carbocycles. The Morgan fingerprint density at radius 2 is 1.82 bits per heavy atom. The zero-order valence-electron chi connectivity index (χ0n) is 14.6. The summed E-state index contributed by atoms with van der Waals surface area (Å²) in [6.07, 6.45) is 16.0. The molecule has 4 saturated carbocycles. The zero-order chi connectivity index (χ0) is 15.3. The first-order valence-corrected chi connectivity index (χ1v) is 9.97. The smallest absolute Gasteiger partial charge is 0.0543 e. The van der Waals surface area contributed by atoms with Crippen LogP contribution in [0.5, 0.6) is 0 Å². The van der Waals surface area contributed by atoms with E-state index in [4.69, 9.17) is 0 Å². The molecule has 22 heavy (non-hydrogen) atoms. The van der Waals surface area contributed by atoms with Crippen molar-refractivity contribution in [2.75, 3.05) is 0 Å². The van der Waals surface area contributed by atoms with E-state index in [9.17, 15) is 5.11 Å². The highest BCUT2D eigenvalue weighted by Gasteiger charge is 2.53. The lowest BCUT2D eigenvalue weighted by molar-refractivity contribution is -0.0766. The van der Waals surface area contributed by atoms with Crippen molar-refractivity contribution in [3.8, 4) is 0 Å². The van der Waals surface area contributed by atoms with Crippen LogP contribution < -0.4 is 0 Å².